The minimum atomic E-state index is -0.158. The van der Waals surface area contributed by atoms with Gasteiger partial charge >= 0.3 is 0 Å². The van der Waals surface area contributed by atoms with Crippen LogP contribution in [-0.4, -0.2) is 12.5 Å². The van der Waals surface area contributed by atoms with E-state index in [9.17, 15) is 4.79 Å². The predicted molar refractivity (Wildman–Crippen MR) is 50.7 cm³/mol. The highest BCUT2D eigenvalue weighted by atomic mass is 16.5. The summed E-state index contributed by atoms with van der Waals surface area (Å²) in [5.74, 6) is 0.448. The van der Waals surface area contributed by atoms with Gasteiger partial charge in [0.15, 0.2) is 6.61 Å². The lowest BCUT2D eigenvalue weighted by Crippen LogP contribution is -2.33. The molecule has 0 saturated carbocycles. The maximum absolute atomic E-state index is 10.9. The molecule has 1 heterocycles. The summed E-state index contributed by atoms with van der Waals surface area (Å²) < 4.78 is 5.16. The zero-order valence-electron chi connectivity index (χ0n) is 7.25. The number of allylic oxidation sites excluding steroid dienone is 4. The van der Waals surface area contributed by atoms with Crippen LogP contribution >= 0.6 is 0 Å². The number of hydrogen-bond donors (Lipinski definition) is 1. The lowest BCUT2D eigenvalue weighted by atomic mass is 10.2. The molecule has 0 atom stereocenters. The van der Waals surface area contributed by atoms with E-state index in [1.807, 2.05) is 0 Å². The van der Waals surface area contributed by atoms with Crippen molar-refractivity contribution < 1.29 is 9.53 Å². The van der Waals surface area contributed by atoms with Gasteiger partial charge in [-0.2, -0.15) is 0 Å². The van der Waals surface area contributed by atoms with Crippen LogP contribution in [0.15, 0.2) is 48.9 Å². The molecule has 3 heteroatoms. The third kappa shape index (κ3) is 2.33. The maximum Gasteiger partial charge on any atom is 0.262 e. The Kier molecular flexibility index (Phi) is 3.09. The SMILES string of the molecule is C=C/C=C1/NC(=O)CO/C1=C/C=C. The maximum atomic E-state index is 10.9. The Bertz CT molecular complexity index is 300. The fourth-order valence-corrected chi connectivity index (χ4v) is 0.956. The van der Waals surface area contributed by atoms with Crippen LogP contribution in [0.5, 0.6) is 0 Å². The highest BCUT2D eigenvalue weighted by molar-refractivity contribution is 5.81. The van der Waals surface area contributed by atoms with E-state index in [1.54, 1.807) is 24.3 Å². The second kappa shape index (κ2) is 4.30. The van der Waals surface area contributed by atoms with Gasteiger partial charge in [0, 0.05) is 0 Å². The van der Waals surface area contributed by atoms with Gasteiger partial charge in [-0.05, 0) is 12.2 Å². The third-order valence-electron chi connectivity index (χ3n) is 1.45. The second-order valence-corrected chi connectivity index (χ2v) is 2.42. The quantitative estimate of drug-likeness (QED) is 0.689. The van der Waals surface area contributed by atoms with Crippen LogP contribution in [0.2, 0.25) is 0 Å². The second-order valence-electron chi connectivity index (χ2n) is 2.42. The molecule has 3 nitrogen and oxygen atoms in total. The van der Waals surface area contributed by atoms with Crippen LogP contribution in [0.4, 0.5) is 0 Å². The smallest absolute Gasteiger partial charge is 0.262 e. The Morgan fingerprint density at radius 1 is 1.31 bits per heavy atom. The first-order valence-corrected chi connectivity index (χ1v) is 3.86. The van der Waals surface area contributed by atoms with Gasteiger partial charge in [-0.25, -0.2) is 0 Å². The van der Waals surface area contributed by atoms with Crippen LogP contribution in [0.25, 0.3) is 0 Å². The van der Waals surface area contributed by atoms with Gasteiger partial charge < -0.3 is 10.1 Å². The van der Waals surface area contributed by atoms with E-state index in [2.05, 4.69) is 18.5 Å². The molecule has 68 valence electrons. The summed E-state index contributed by atoms with van der Waals surface area (Å²) in [7, 11) is 0. The largest absolute Gasteiger partial charge is 0.482 e. The topological polar surface area (TPSA) is 38.3 Å². The Morgan fingerprint density at radius 2 is 2.00 bits per heavy atom. The zero-order chi connectivity index (χ0) is 9.68. The molecule has 0 aromatic carbocycles. The van der Waals surface area contributed by atoms with Crippen LogP contribution < -0.4 is 5.32 Å². The molecule has 0 unspecified atom stereocenters. The van der Waals surface area contributed by atoms with Gasteiger partial charge in [-0.1, -0.05) is 25.3 Å². The first-order chi connectivity index (χ1) is 6.27. The third-order valence-corrected chi connectivity index (χ3v) is 1.45. The van der Waals surface area contributed by atoms with E-state index in [0.29, 0.717) is 11.5 Å². The minimum absolute atomic E-state index is 0.0498. The Labute approximate surface area is 77.1 Å². The van der Waals surface area contributed by atoms with Crippen molar-refractivity contribution in [1.82, 2.24) is 5.32 Å². The van der Waals surface area contributed by atoms with E-state index >= 15 is 0 Å². The van der Waals surface area contributed by atoms with Gasteiger partial charge in [-0.3, -0.25) is 4.79 Å². The van der Waals surface area contributed by atoms with Crippen molar-refractivity contribution in [2.45, 2.75) is 0 Å². The molecule has 0 aromatic heterocycles. The van der Waals surface area contributed by atoms with Crippen LogP contribution in [-0.2, 0) is 9.53 Å². The number of rotatable bonds is 2. The normalized spacial score (nSPS) is 22.3. The summed E-state index contributed by atoms with van der Waals surface area (Å²) in [5.41, 5.74) is 0.617. The number of morpholine rings is 1. The van der Waals surface area contributed by atoms with Crippen molar-refractivity contribution in [1.29, 1.82) is 0 Å². The summed E-state index contributed by atoms with van der Waals surface area (Å²) in [5, 5.41) is 2.66. The highest BCUT2D eigenvalue weighted by Gasteiger charge is 2.16. The highest BCUT2D eigenvalue weighted by Crippen LogP contribution is 2.13. The van der Waals surface area contributed by atoms with E-state index in [0.717, 1.165) is 0 Å². The summed E-state index contributed by atoms with van der Waals surface area (Å²) in [6.45, 7) is 7.13. The number of amides is 1. The molecular weight excluding hydrogens is 166 g/mol. The zero-order valence-corrected chi connectivity index (χ0v) is 7.25. The minimum Gasteiger partial charge on any atom is -0.482 e. The summed E-state index contributed by atoms with van der Waals surface area (Å²) in [6, 6.07) is 0. The lowest BCUT2D eigenvalue weighted by Gasteiger charge is -2.19. The first-order valence-electron chi connectivity index (χ1n) is 3.86. The van der Waals surface area contributed by atoms with Crippen molar-refractivity contribution in [3.63, 3.8) is 0 Å². The molecule has 0 bridgehead atoms. The molecule has 1 amide bonds. The molecule has 0 aromatic rings. The number of carbonyl (C=O) groups is 1. The molecule has 1 rings (SSSR count). The molecule has 1 fully saturated rings. The van der Waals surface area contributed by atoms with E-state index in [-0.39, 0.29) is 12.5 Å². The number of nitrogens with one attached hydrogen (secondary N) is 1. The van der Waals surface area contributed by atoms with Crippen LogP contribution in [0.1, 0.15) is 0 Å². The van der Waals surface area contributed by atoms with E-state index in [4.69, 9.17) is 4.74 Å². The molecule has 1 N–H and O–H groups in total. The standard InChI is InChI=1S/C10H11NO2/c1-3-5-8-9(6-4-2)13-7-10(12)11-8/h3-6H,1-2,7H2,(H,11,12)/b8-5+,9-6+. The van der Waals surface area contributed by atoms with Crippen molar-refractivity contribution in [2.24, 2.45) is 0 Å². The van der Waals surface area contributed by atoms with Crippen LogP contribution in [0, 0.1) is 0 Å². The molecule has 1 aliphatic rings. The molecule has 0 aliphatic carbocycles. The van der Waals surface area contributed by atoms with Crippen molar-refractivity contribution in [3.8, 4) is 0 Å². The summed E-state index contributed by atoms with van der Waals surface area (Å²) >= 11 is 0. The summed E-state index contributed by atoms with van der Waals surface area (Å²) in [4.78, 5) is 10.9. The molecule has 13 heavy (non-hydrogen) atoms. The van der Waals surface area contributed by atoms with Gasteiger partial charge in [0.2, 0.25) is 0 Å². The van der Waals surface area contributed by atoms with Crippen molar-refractivity contribution >= 4 is 5.91 Å². The van der Waals surface area contributed by atoms with E-state index < -0.39 is 0 Å². The number of hydrogen-bond acceptors (Lipinski definition) is 2. The average molecular weight is 177 g/mol. The lowest BCUT2D eigenvalue weighted by molar-refractivity contribution is -0.125. The average Bonchev–Trinajstić information content (AvgIpc) is 2.10. The van der Waals surface area contributed by atoms with Gasteiger partial charge in [0.05, 0.1) is 5.70 Å². The van der Waals surface area contributed by atoms with Crippen molar-refractivity contribution in [2.75, 3.05) is 6.61 Å². The van der Waals surface area contributed by atoms with Gasteiger partial charge in [0.25, 0.3) is 5.91 Å². The molecule has 1 saturated heterocycles. The Morgan fingerprint density at radius 3 is 2.62 bits per heavy atom. The fourth-order valence-electron chi connectivity index (χ4n) is 0.956. The van der Waals surface area contributed by atoms with Gasteiger partial charge in [-0.15, -0.1) is 0 Å². The Balaban J connectivity index is 2.90. The van der Waals surface area contributed by atoms with Crippen molar-refractivity contribution in [3.05, 3.63) is 48.9 Å². The molecule has 1 aliphatic heterocycles. The van der Waals surface area contributed by atoms with Crippen LogP contribution in [0.3, 0.4) is 0 Å². The Hall–Kier alpha value is -1.77. The van der Waals surface area contributed by atoms with Gasteiger partial charge in [0.1, 0.15) is 5.76 Å². The number of ether oxygens (including phenoxy) is 1. The molecule has 0 spiro atoms. The number of carbonyl (C=O) groups excluding carboxylic acids is 1. The molecular formula is C10H11NO2. The fraction of sp³-hybridized carbons (Fsp3) is 0.100. The monoisotopic (exact) mass is 177 g/mol. The predicted octanol–water partition coefficient (Wildman–Crippen LogP) is 1.27. The molecule has 0 radical (unpaired) electrons. The first kappa shape index (κ1) is 9.32. The van der Waals surface area contributed by atoms with E-state index in [1.165, 1.54) is 0 Å². The summed E-state index contributed by atoms with van der Waals surface area (Å²) in [6.07, 6.45) is 6.55.